The number of thiazole rings is 1. The second-order valence-corrected chi connectivity index (χ2v) is 7.35. The minimum atomic E-state index is -0.355. The minimum absolute atomic E-state index is 0.355. The number of aromatic nitrogens is 1. The van der Waals surface area contributed by atoms with Gasteiger partial charge >= 0.3 is 5.97 Å². The number of esters is 1. The normalized spacial score (nSPS) is 11.0. The van der Waals surface area contributed by atoms with Gasteiger partial charge in [0.1, 0.15) is 10.6 Å². The number of ether oxygens (including phenoxy) is 2. The van der Waals surface area contributed by atoms with E-state index in [1.165, 1.54) is 29.8 Å². The van der Waals surface area contributed by atoms with Crippen molar-refractivity contribution in [3.05, 3.63) is 47.3 Å². The lowest BCUT2D eigenvalue weighted by Gasteiger charge is -2.04. The molecular formula is C18H14N2O3S2. The molecule has 0 unspecified atom stereocenters. The van der Waals surface area contributed by atoms with E-state index in [1.807, 2.05) is 42.5 Å². The van der Waals surface area contributed by atoms with Crippen LogP contribution in [0.15, 0.2) is 42.5 Å². The second-order valence-electron chi connectivity index (χ2n) is 5.27. The number of fused-ring (bicyclic) bond motifs is 2. The zero-order valence-corrected chi connectivity index (χ0v) is 15.2. The number of hydrogen-bond acceptors (Lipinski definition) is 7. The Hall–Kier alpha value is -2.64. The van der Waals surface area contributed by atoms with Gasteiger partial charge < -0.3 is 14.8 Å². The molecule has 0 spiro atoms. The van der Waals surface area contributed by atoms with Crippen LogP contribution in [0.25, 0.3) is 20.3 Å². The average Bonchev–Trinajstić information content (AvgIpc) is 3.21. The number of carbonyl (C=O) groups is 1. The molecule has 0 saturated heterocycles. The molecule has 0 amide bonds. The van der Waals surface area contributed by atoms with E-state index in [1.54, 1.807) is 7.11 Å². The van der Waals surface area contributed by atoms with Crippen LogP contribution in [-0.2, 0) is 4.74 Å². The van der Waals surface area contributed by atoms with Crippen LogP contribution < -0.4 is 10.1 Å². The lowest BCUT2D eigenvalue weighted by Crippen LogP contribution is -2.02. The molecule has 126 valence electrons. The monoisotopic (exact) mass is 370 g/mol. The van der Waals surface area contributed by atoms with Crippen molar-refractivity contribution in [3.8, 4) is 5.75 Å². The highest BCUT2D eigenvalue weighted by Crippen LogP contribution is 2.39. The van der Waals surface area contributed by atoms with Gasteiger partial charge in [0.05, 0.1) is 30.1 Å². The summed E-state index contributed by atoms with van der Waals surface area (Å²) in [5.41, 5.74) is 1.62. The van der Waals surface area contributed by atoms with E-state index < -0.39 is 0 Å². The lowest BCUT2D eigenvalue weighted by atomic mass is 10.2. The smallest absolute Gasteiger partial charge is 0.350 e. The number of hydrogen-bond donors (Lipinski definition) is 1. The van der Waals surface area contributed by atoms with Gasteiger partial charge in [-0.1, -0.05) is 29.5 Å². The molecule has 0 aliphatic heterocycles. The Kier molecular flexibility index (Phi) is 4.03. The van der Waals surface area contributed by atoms with Gasteiger partial charge in [-0.3, -0.25) is 0 Å². The van der Waals surface area contributed by atoms with E-state index in [0.717, 1.165) is 36.9 Å². The molecule has 5 nitrogen and oxygen atoms in total. The number of anilines is 2. The summed E-state index contributed by atoms with van der Waals surface area (Å²) in [5.74, 6) is 0.436. The summed E-state index contributed by atoms with van der Waals surface area (Å²) in [5, 5.41) is 5.01. The van der Waals surface area contributed by atoms with Gasteiger partial charge in [0.15, 0.2) is 5.13 Å². The Morgan fingerprint density at radius 2 is 1.92 bits per heavy atom. The fourth-order valence-corrected chi connectivity index (χ4v) is 4.57. The standard InChI is InChI=1S/C18H14N2O3S2/c1-22-10-7-8-12-14(9-10)25-18(19-12)20-15-11-5-3-4-6-13(11)24-16(15)17(21)23-2/h3-9H,1-2H3,(H,19,20). The Morgan fingerprint density at radius 3 is 2.72 bits per heavy atom. The molecule has 2 aromatic heterocycles. The van der Waals surface area contributed by atoms with E-state index in [-0.39, 0.29) is 5.97 Å². The lowest BCUT2D eigenvalue weighted by molar-refractivity contribution is 0.0607. The van der Waals surface area contributed by atoms with Crippen LogP contribution in [0.4, 0.5) is 10.8 Å². The molecular weight excluding hydrogens is 356 g/mol. The van der Waals surface area contributed by atoms with Gasteiger partial charge in [-0.15, -0.1) is 11.3 Å². The Balaban J connectivity index is 1.80. The van der Waals surface area contributed by atoms with Crippen LogP contribution in [0.3, 0.4) is 0 Å². The third kappa shape index (κ3) is 2.81. The predicted octanol–water partition coefficient (Wildman–Crippen LogP) is 5.05. The van der Waals surface area contributed by atoms with Crippen molar-refractivity contribution in [2.24, 2.45) is 0 Å². The maximum absolute atomic E-state index is 12.2. The predicted molar refractivity (Wildman–Crippen MR) is 103 cm³/mol. The Bertz CT molecular complexity index is 1080. The van der Waals surface area contributed by atoms with Crippen molar-refractivity contribution in [1.82, 2.24) is 4.98 Å². The van der Waals surface area contributed by atoms with Crippen molar-refractivity contribution in [2.75, 3.05) is 19.5 Å². The first-order valence-electron chi connectivity index (χ1n) is 7.51. The molecule has 0 aliphatic carbocycles. The van der Waals surface area contributed by atoms with E-state index in [2.05, 4.69) is 10.3 Å². The van der Waals surface area contributed by atoms with Gasteiger partial charge in [-0.2, -0.15) is 0 Å². The highest BCUT2D eigenvalue weighted by molar-refractivity contribution is 7.23. The van der Waals surface area contributed by atoms with Gasteiger partial charge in [0, 0.05) is 10.1 Å². The first-order chi connectivity index (χ1) is 12.2. The van der Waals surface area contributed by atoms with Crippen LogP contribution in [0.2, 0.25) is 0 Å². The van der Waals surface area contributed by atoms with Gasteiger partial charge in [-0.05, 0) is 24.3 Å². The van der Waals surface area contributed by atoms with E-state index in [9.17, 15) is 4.79 Å². The van der Waals surface area contributed by atoms with Crippen LogP contribution in [0, 0.1) is 0 Å². The molecule has 2 aromatic carbocycles. The second kappa shape index (κ2) is 6.34. The molecule has 0 aliphatic rings. The largest absolute Gasteiger partial charge is 0.497 e. The van der Waals surface area contributed by atoms with Crippen molar-refractivity contribution in [1.29, 1.82) is 0 Å². The SMILES string of the molecule is COC(=O)c1sc2ccccc2c1Nc1nc2ccc(OC)cc2s1. The number of methoxy groups -OCH3 is 2. The molecule has 25 heavy (non-hydrogen) atoms. The molecule has 4 rings (SSSR count). The maximum atomic E-state index is 12.2. The Morgan fingerprint density at radius 1 is 1.08 bits per heavy atom. The fourth-order valence-electron chi connectivity index (χ4n) is 2.60. The molecule has 0 fully saturated rings. The van der Waals surface area contributed by atoms with Crippen molar-refractivity contribution < 1.29 is 14.3 Å². The third-order valence-electron chi connectivity index (χ3n) is 3.79. The van der Waals surface area contributed by atoms with Crippen LogP contribution in [0.5, 0.6) is 5.75 Å². The number of rotatable bonds is 4. The molecule has 4 aromatic rings. The average molecular weight is 370 g/mol. The molecule has 0 atom stereocenters. The first-order valence-corrected chi connectivity index (χ1v) is 9.14. The number of carbonyl (C=O) groups excluding carboxylic acids is 1. The number of nitrogens with one attached hydrogen (secondary N) is 1. The van der Waals surface area contributed by atoms with E-state index >= 15 is 0 Å². The van der Waals surface area contributed by atoms with Crippen molar-refractivity contribution in [2.45, 2.75) is 0 Å². The molecule has 0 radical (unpaired) electrons. The summed E-state index contributed by atoms with van der Waals surface area (Å²) >= 11 is 2.92. The zero-order valence-electron chi connectivity index (χ0n) is 13.5. The fraction of sp³-hybridized carbons (Fsp3) is 0.111. The first kappa shape index (κ1) is 15.9. The highest BCUT2D eigenvalue weighted by atomic mass is 32.1. The van der Waals surface area contributed by atoms with Crippen molar-refractivity contribution in [3.63, 3.8) is 0 Å². The quantitative estimate of drug-likeness (QED) is 0.509. The minimum Gasteiger partial charge on any atom is -0.497 e. The molecule has 0 bridgehead atoms. The van der Waals surface area contributed by atoms with Gasteiger partial charge in [0.25, 0.3) is 0 Å². The summed E-state index contributed by atoms with van der Waals surface area (Å²) < 4.78 is 12.2. The molecule has 1 N–H and O–H groups in total. The summed E-state index contributed by atoms with van der Waals surface area (Å²) in [4.78, 5) is 17.3. The summed E-state index contributed by atoms with van der Waals surface area (Å²) in [7, 11) is 3.03. The van der Waals surface area contributed by atoms with Gasteiger partial charge in [0.2, 0.25) is 0 Å². The van der Waals surface area contributed by atoms with E-state index in [4.69, 9.17) is 9.47 Å². The number of nitrogens with zero attached hydrogens (tertiary/aromatic N) is 1. The summed E-state index contributed by atoms with van der Waals surface area (Å²) in [6, 6.07) is 13.6. The van der Waals surface area contributed by atoms with Crippen molar-refractivity contribution >= 4 is 59.8 Å². The zero-order chi connectivity index (χ0) is 17.4. The molecule has 7 heteroatoms. The molecule has 2 heterocycles. The number of benzene rings is 2. The maximum Gasteiger partial charge on any atom is 0.350 e. The van der Waals surface area contributed by atoms with Crippen LogP contribution in [0.1, 0.15) is 9.67 Å². The third-order valence-corrected chi connectivity index (χ3v) is 5.88. The highest BCUT2D eigenvalue weighted by Gasteiger charge is 2.20. The van der Waals surface area contributed by atoms with Gasteiger partial charge in [-0.25, -0.2) is 9.78 Å². The summed E-state index contributed by atoms with van der Waals surface area (Å²) in [6.45, 7) is 0. The molecule has 0 saturated carbocycles. The van der Waals surface area contributed by atoms with Crippen LogP contribution in [-0.4, -0.2) is 25.2 Å². The topological polar surface area (TPSA) is 60.5 Å². The summed E-state index contributed by atoms with van der Waals surface area (Å²) in [6.07, 6.45) is 0. The van der Waals surface area contributed by atoms with Crippen LogP contribution >= 0.6 is 22.7 Å². The van der Waals surface area contributed by atoms with E-state index in [0.29, 0.717) is 4.88 Å². The number of thiophene rings is 1. The Labute approximate surface area is 151 Å².